The Morgan fingerprint density at radius 1 is 1.08 bits per heavy atom. The van der Waals surface area contributed by atoms with Crippen molar-refractivity contribution >= 4 is 22.4 Å². The number of hydrogen-bond donors (Lipinski definition) is 0. The summed E-state index contributed by atoms with van der Waals surface area (Å²) in [7, 11) is 1.68. The highest BCUT2D eigenvalue weighted by molar-refractivity contribution is 7.15. The van der Waals surface area contributed by atoms with Crippen LogP contribution in [0.1, 0.15) is 5.01 Å². The quantitative estimate of drug-likeness (QED) is 0.774. The summed E-state index contributed by atoms with van der Waals surface area (Å²) in [6.07, 6.45) is 3.61. The number of piperazine rings is 1. The van der Waals surface area contributed by atoms with Crippen LogP contribution in [-0.2, 0) is 11.3 Å². The minimum atomic E-state index is 0.540. The molecule has 4 rings (SSSR count). The number of rotatable bonds is 5. The zero-order valence-corrected chi connectivity index (χ0v) is 14.5. The number of nitrogens with zero attached hydrogens (tertiary/aromatic N) is 7. The zero-order valence-electron chi connectivity index (χ0n) is 13.7. The smallest absolute Gasteiger partial charge is 0.225 e. The lowest BCUT2D eigenvalue weighted by Crippen LogP contribution is -2.63. The average molecular weight is 347 g/mol. The number of hydrogen-bond acceptors (Lipinski definition) is 9. The van der Waals surface area contributed by atoms with Gasteiger partial charge in [0.05, 0.1) is 0 Å². The molecule has 0 unspecified atom stereocenters. The predicted molar refractivity (Wildman–Crippen MR) is 92.4 cm³/mol. The molecule has 0 amide bonds. The molecule has 0 aromatic carbocycles. The third kappa shape index (κ3) is 3.19. The molecule has 9 heteroatoms. The van der Waals surface area contributed by atoms with Crippen molar-refractivity contribution in [2.45, 2.75) is 12.6 Å². The van der Waals surface area contributed by atoms with Gasteiger partial charge in [0.1, 0.15) is 11.6 Å². The Balaban J connectivity index is 1.26. The van der Waals surface area contributed by atoms with Gasteiger partial charge in [-0.2, -0.15) is 0 Å². The second-order valence-electron chi connectivity index (χ2n) is 6.04. The van der Waals surface area contributed by atoms with Crippen LogP contribution in [0.5, 0.6) is 0 Å². The van der Waals surface area contributed by atoms with E-state index in [9.17, 15) is 0 Å². The molecule has 2 aromatic rings. The molecule has 0 bridgehead atoms. The van der Waals surface area contributed by atoms with E-state index in [1.807, 2.05) is 6.07 Å². The van der Waals surface area contributed by atoms with Crippen molar-refractivity contribution in [2.75, 3.05) is 56.2 Å². The van der Waals surface area contributed by atoms with Gasteiger partial charge in [0, 0.05) is 64.8 Å². The largest absolute Gasteiger partial charge is 0.377 e. The van der Waals surface area contributed by atoms with Crippen molar-refractivity contribution in [2.24, 2.45) is 0 Å². The molecule has 2 aromatic heterocycles. The maximum absolute atomic E-state index is 5.10. The second kappa shape index (κ2) is 6.96. The van der Waals surface area contributed by atoms with E-state index in [0.29, 0.717) is 12.6 Å². The molecular weight excluding hydrogens is 326 g/mol. The minimum Gasteiger partial charge on any atom is -0.377 e. The highest BCUT2D eigenvalue weighted by Crippen LogP contribution is 2.27. The molecule has 2 aliphatic rings. The first-order valence-corrected chi connectivity index (χ1v) is 8.97. The van der Waals surface area contributed by atoms with Gasteiger partial charge in [0.15, 0.2) is 0 Å². The molecule has 2 saturated heterocycles. The first-order chi connectivity index (χ1) is 11.8. The van der Waals surface area contributed by atoms with Crippen LogP contribution >= 0.6 is 11.3 Å². The lowest BCUT2D eigenvalue weighted by Gasteiger charge is -2.47. The maximum Gasteiger partial charge on any atom is 0.225 e. The van der Waals surface area contributed by atoms with E-state index in [0.717, 1.165) is 55.4 Å². The van der Waals surface area contributed by atoms with E-state index in [1.54, 1.807) is 30.8 Å². The van der Waals surface area contributed by atoms with Crippen molar-refractivity contribution in [1.29, 1.82) is 0 Å². The van der Waals surface area contributed by atoms with Gasteiger partial charge in [-0.3, -0.25) is 4.90 Å². The van der Waals surface area contributed by atoms with Crippen LogP contribution in [0.25, 0.3) is 0 Å². The van der Waals surface area contributed by atoms with E-state index in [1.165, 1.54) is 0 Å². The normalized spacial score (nSPS) is 19.5. The molecule has 8 nitrogen and oxygen atoms in total. The number of ether oxygens (including phenoxy) is 1. The first-order valence-electron chi connectivity index (χ1n) is 8.16. The molecule has 0 atom stereocenters. The van der Waals surface area contributed by atoms with E-state index in [4.69, 9.17) is 4.74 Å². The van der Waals surface area contributed by atoms with Gasteiger partial charge in [-0.15, -0.1) is 10.2 Å². The number of aromatic nitrogens is 4. The van der Waals surface area contributed by atoms with Gasteiger partial charge in [0.2, 0.25) is 11.1 Å². The van der Waals surface area contributed by atoms with Gasteiger partial charge >= 0.3 is 0 Å². The van der Waals surface area contributed by atoms with E-state index in [2.05, 4.69) is 34.9 Å². The van der Waals surface area contributed by atoms with Crippen LogP contribution in [-0.4, -0.2) is 77.5 Å². The van der Waals surface area contributed by atoms with Crippen molar-refractivity contribution in [1.82, 2.24) is 25.1 Å². The summed E-state index contributed by atoms with van der Waals surface area (Å²) >= 11 is 1.62. The molecule has 0 N–H and O–H groups in total. The van der Waals surface area contributed by atoms with Crippen molar-refractivity contribution < 1.29 is 4.74 Å². The lowest BCUT2D eigenvalue weighted by atomic mass is 10.1. The second-order valence-corrected chi connectivity index (χ2v) is 7.08. The molecule has 0 spiro atoms. The summed E-state index contributed by atoms with van der Waals surface area (Å²) in [4.78, 5) is 15.8. The zero-order chi connectivity index (χ0) is 16.4. The molecule has 0 saturated carbocycles. The fraction of sp³-hybridized carbons (Fsp3) is 0.600. The van der Waals surface area contributed by atoms with Gasteiger partial charge in [-0.1, -0.05) is 11.3 Å². The Hall–Kier alpha value is -1.84. The molecule has 24 heavy (non-hydrogen) atoms. The van der Waals surface area contributed by atoms with Crippen LogP contribution in [0.4, 0.5) is 11.1 Å². The van der Waals surface area contributed by atoms with Crippen LogP contribution in [0, 0.1) is 0 Å². The van der Waals surface area contributed by atoms with Crippen LogP contribution in [0.2, 0.25) is 0 Å². The van der Waals surface area contributed by atoms with Gasteiger partial charge in [-0.05, 0) is 6.07 Å². The molecule has 2 aliphatic heterocycles. The highest BCUT2D eigenvalue weighted by Gasteiger charge is 2.35. The molecular formula is C15H21N7OS. The molecule has 4 heterocycles. The van der Waals surface area contributed by atoms with Crippen molar-refractivity contribution in [3.63, 3.8) is 0 Å². The van der Waals surface area contributed by atoms with Gasteiger partial charge < -0.3 is 14.5 Å². The van der Waals surface area contributed by atoms with Crippen molar-refractivity contribution in [3.05, 3.63) is 23.5 Å². The minimum absolute atomic E-state index is 0.540. The molecule has 2 fully saturated rings. The molecule has 0 radical (unpaired) electrons. The number of anilines is 2. The summed E-state index contributed by atoms with van der Waals surface area (Å²) in [5.74, 6) is 0.840. The Labute approximate surface area is 145 Å². The summed E-state index contributed by atoms with van der Waals surface area (Å²) < 4.78 is 5.10. The van der Waals surface area contributed by atoms with Crippen molar-refractivity contribution in [3.8, 4) is 0 Å². The standard InChI is InChI=1S/C15H21N7OS/c1-23-11-13-18-19-15(24-13)22-9-12(10-22)20-5-7-21(8-6-20)14-16-3-2-4-17-14/h2-4,12H,5-11H2,1H3. The van der Waals surface area contributed by atoms with Gasteiger partial charge in [-0.25, -0.2) is 9.97 Å². The Kier molecular flexibility index (Phi) is 4.54. The molecule has 128 valence electrons. The van der Waals surface area contributed by atoms with E-state index in [-0.39, 0.29) is 0 Å². The maximum atomic E-state index is 5.10. The van der Waals surface area contributed by atoms with E-state index < -0.39 is 0 Å². The lowest BCUT2D eigenvalue weighted by molar-refractivity contribution is 0.156. The van der Waals surface area contributed by atoms with Crippen LogP contribution in [0.15, 0.2) is 18.5 Å². The summed E-state index contributed by atoms with van der Waals surface area (Å²) in [6, 6.07) is 2.47. The Bertz CT molecular complexity index is 653. The Morgan fingerprint density at radius 3 is 2.54 bits per heavy atom. The van der Waals surface area contributed by atoms with Crippen LogP contribution in [0.3, 0.4) is 0 Å². The molecule has 0 aliphatic carbocycles. The predicted octanol–water partition coefficient (Wildman–Crippen LogP) is 0.485. The third-order valence-corrected chi connectivity index (χ3v) is 5.48. The summed E-state index contributed by atoms with van der Waals surface area (Å²) in [5, 5.41) is 10.4. The monoisotopic (exact) mass is 347 g/mol. The number of methoxy groups -OCH3 is 1. The highest BCUT2D eigenvalue weighted by atomic mass is 32.1. The fourth-order valence-corrected chi connectivity index (χ4v) is 3.97. The summed E-state index contributed by atoms with van der Waals surface area (Å²) in [6.45, 7) is 6.68. The Morgan fingerprint density at radius 2 is 1.83 bits per heavy atom. The first kappa shape index (κ1) is 15.7. The fourth-order valence-electron chi connectivity index (χ4n) is 3.14. The SMILES string of the molecule is COCc1nnc(N2CC(N3CCN(c4ncccn4)CC3)C2)s1. The summed E-state index contributed by atoms with van der Waals surface area (Å²) in [5.41, 5.74) is 0. The third-order valence-electron chi connectivity index (χ3n) is 4.52. The van der Waals surface area contributed by atoms with Crippen LogP contribution < -0.4 is 9.80 Å². The average Bonchev–Trinajstić information content (AvgIpc) is 3.04. The topological polar surface area (TPSA) is 70.5 Å². The van der Waals surface area contributed by atoms with E-state index >= 15 is 0 Å². The van der Waals surface area contributed by atoms with Gasteiger partial charge in [0.25, 0.3) is 0 Å².